The van der Waals surface area contributed by atoms with Gasteiger partial charge in [-0.1, -0.05) is 27.2 Å². The standard InChI is InChI=1S/C26H34FN5O4S/c1-6-7-8-19-21-12-20(22(27)13-23(21)29-15-25(19)31-17(4)33)18-11-24(32-37(5,34)35)26(30-14-18)36-10-9-28-16(2)3/h11-16,28,32H,6-10H2,1-5H3,(H,31,33). The molecule has 9 nitrogen and oxygen atoms in total. The van der Waals surface area contributed by atoms with Crippen molar-refractivity contribution in [1.29, 1.82) is 0 Å². The minimum atomic E-state index is -3.65. The van der Waals surface area contributed by atoms with Crippen molar-refractivity contribution >= 4 is 38.2 Å². The summed E-state index contributed by atoms with van der Waals surface area (Å²) in [6, 6.07) is 4.78. The zero-order valence-corrected chi connectivity index (χ0v) is 22.6. The van der Waals surface area contributed by atoms with E-state index in [1.807, 2.05) is 13.8 Å². The van der Waals surface area contributed by atoms with Gasteiger partial charge in [-0.15, -0.1) is 0 Å². The predicted molar refractivity (Wildman–Crippen MR) is 145 cm³/mol. The first-order valence-electron chi connectivity index (χ1n) is 12.2. The molecule has 1 aromatic carbocycles. The minimum absolute atomic E-state index is 0.0965. The fourth-order valence-corrected chi connectivity index (χ4v) is 4.44. The number of rotatable bonds is 12. The second kappa shape index (κ2) is 12.3. The summed E-state index contributed by atoms with van der Waals surface area (Å²) in [5.74, 6) is -0.657. The number of fused-ring (bicyclic) bond motifs is 1. The normalized spacial score (nSPS) is 11.6. The number of hydrogen-bond donors (Lipinski definition) is 3. The van der Waals surface area contributed by atoms with Gasteiger partial charge in [-0.2, -0.15) is 0 Å². The molecule has 0 unspecified atom stereocenters. The molecule has 2 aromatic heterocycles. The largest absolute Gasteiger partial charge is 0.475 e. The number of nitrogens with one attached hydrogen (secondary N) is 3. The fourth-order valence-electron chi connectivity index (χ4n) is 3.89. The lowest BCUT2D eigenvalue weighted by molar-refractivity contribution is -0.114. The maximum absolute atomic E-state index is 15.3. The molecule has 0 saturated heterocycles. The van der Waals surface area contributed by atoms with Crippen molar-refractivity contribution in [3.05, 3.63) is 42.0 Å². The van der Waals surface area contributed by atoms with Crippen LogP contribution in [-0.2, 0) is 21.2 Å². The van der Waals surface area contributed by atoms with Gasteiger partial charge in [-0.3, -0.25) is 14.5 Å². The van der Waals surface area contributed by atoms with Crippen LogP contribution in [0.5, 0.6) is 5.88 Å². The third-order valence-electron chi connectivity index (χ3n) is 5.51. The molecular formula is C26H34FN5O4S. The first-order chi connectivity index (χ1) is 17.5. The van der Waals surface area contributed by atoms with Crippen molar-refractivity contribution in [3.8, 4) is 17.0 Å². The first-order valence-corrected chi connectivity index (χ1v) is 14.1. The summed E-state index contributed by atoms with van der Waals surface area (Å²) in [6.45, 7) is 8.31. The number of carbonyl (C=O) groups is 1. The summed E-state index contributed by atoms with van der Waals surface area (Å²) in [6.07, 6.45) is 6.50. The molecule has 3 rings (SSSR count). The Morgan fingerprint density at radius 2 is 1.89 bits per heavy atom. The molecule has 3 aromatic rings. The Bertz CT molecular complexity index is 1380. The van der Waals surface area contributed by atoms with Gasteiger partial charge < -0.3 is 15.4 Å². The molecule has 3 N–H and O–H groups in total. The van der Waals surface area contributed by atoms with Gasteiger partial charge in [-0.25, -0.2) is 17.8 Å². The van der Waals surface area contributed by atoms with E-state index in [9.17, 15) is 13.2 Å². The van der Waals surface area contributed by atoms with Gasteiger partial charge in [0, 0.05) is 48.3 Å². The summed E-state index contributed by atoms with van der Waals surface area (Å²) in [7, 11) is -3.65. The van der Waals surface area contributed by atoms with Gasteiger partial charge >= 0.3 is 0 Å². The number of benzene rings is 1. The third-order valence-corrected chi connectivity index (χ3v) is 6.10. The van der Waals surface area contributed by atoms with Crippen LogP contribution in [0.2, 0.25) is 0 Å². The molecule has 37 heavy (non-hydrogen) atoms. The predicted octanol–water partition coefficient (Wildman–Crippen LogP) is 4.49. The highest BCUT2D eigenvalue weighted by Crippen LogP contribution is 2.35. The van der Waals surface area contributed by atoms with E-state index in [1.165, 1.54) is 25.3 Å². The zero-order valence-electron chi connectivity index (χ0n) is 21.8. The topological polar surface area (TPSA) is 122 Å². The van der Waals surface area contributed by atoms with Crippen LogP contribution in [0, 0.1) is 5.82 Å². The van der Waals surface area contributed by atoms with Crippen LogP contribution in [-0.4, -0.2) is 49.7 Å². The quantitative estimate of drug-likeness (QED) is 0.295. The van der Waals surface area contributed by atoms with E-state index < -0.39 is 15.8 Å². The van der Waals surface area contributed by atoms with Crippen LogP contribution < -0.4 is 20.1 Å². The number of unbranched alkanes of at least 4 members (excludes halogenated alkanes) is 1. The van der Waals surface area contributed by atoms with E-state index in [0.29, 0.717) is 35.1 Å². The maximum Gasteiger partial charge on any atom is 0.238 e. The fraction of sp³-hybridized carbons (Fsp3) is 0.423. The molecule has 2 heterocycles. The van der Waals surface area contributed by atoms with E-state index in [-0.39, 0.29) is 35.7 Å². The smallest absolute Gasteiger partial charge is 0.238 e. The second-order valence-corrected chi connectivity index (χ2v) is 10.9. The molecule has 0 aliphatic rings. The molecule has 0 spiro atoms. The Morgan fingerprint density at radius 3 is 2.54 bits per heavy atom. The molecule has 0 aliphatic heterocycles. The highest BCUT2D eigenvalue weighted by atomic mass is 32.2. The molecule has 0 aliphatic carbocycles. The summed E-state index contributed by atoms with van der Waals surface area (Å²) in [5, 5.41) is 6.73. The molecular weight excluding hydrogens is 497 g/mol. The van der Waals surface area contributed by atoms with Crippen LogP contribution in [0.1, 0.15) is 46.1 Å². The number of aromatic nitrogens is 2. The van der Waals surface area contributed by atoms with Crippen LogP contribution >= 0.6 is 0 Å². The molecule has 11 heteroatoms. The van der Waals surface area contributed by atoms with Crippen LogP contribution in [0.25, 0.3) is 22.0 Å². The van der Waals surface area contributed by atoms with Crippen LogP contribution in [0.3, 0.4) is 0 Å². The molecule has 0 fully saturated rings. The highest BCUT2D eigenvalue weighted by Gasteiger charge is 2.18. The summed E-state index contributed by atoms with van der Waals surface area (Å²) >= 11 is 0. The van der Waals surface area contributed by atoms with Gasteiger partial charge in [0.25, 0.3) is 0 Å². The Morgan fingerprint density at radius 1 is 1.14 bits per heavy atom. The Kier molecular flexibility index (Phi) is 9.39. The summed E-state index contributed by atoms with van der Waals surface area (Å²) < 4.78 is 47.4. The van der Waals surface area contributed by atoms with Gasteiger partial charge in [0.15, 0.2) is 0 Å². The van der Waals surface area contributed by atoms with Crippen molar-refractivity contribution < 1.29 is 22.3 Å². The molecule has 0 saturated carbocycles. The maximum atomic E-state index is 15.3. The van der Waals surface area contributed by atoms with Crippen molar-refractivity contribution in [3.63, 3.8) is 0 Å². The van der Waals surface area contributed by atoms with Crippen LogP contribution in [0.4, 0.5) is 15.8 Å². The lowest BCUT2D eigenvalue weighted by Crippen LogP contribution is -2.27. The second-order valence-electron chi connectivity index (χ2n) is 9.19. The number of halogens is 1. The number of sulfonamides is 1. The number of nitrogens with zero attached hydrogens (tertiary/aromatic N) is 2. The Hall–Kier alpha value is -3.31. The van der Waals surface area contributed by atoms with Crippen molar-refractivity contribution in [2.45, 2.75) is 53.0 Å². The molecule has 0 atom stereocenters. The average Bonchev–Trinajstić information content (AvgIpc) is 2.80. The molecule has 200 valence electrons. The number of pyridine rings is 2. The lowest BCUT2D eigenvalue weighted by atomic mass is 9.97. The van der Waals surface area contributed by atoms with Gasteiger partial charge in [0.05, 0.1) is 23.7 Å². The molecule has 0 bridgehead atoms. The molecule has 0 radical (unpaired) electrons. The lowest BCUT2D eigenvalue weighted by Gasteiger charge is -2.16. The zero-order chi connectivity index (χ0) is 27.2. The first kappa shape index (κ1) is 28.3. The van der Waals surface area contributed by atoms with E-state index in [4.69, 9.17) is 4.74 Å². The van der Waals surface area contributed by atoms with E-state index >= 15 is 4.39 Å². The van der Waals surface area contributed by atoms with E-state index in [1.54, 1.807) is 12.3 Å². The van der Waals surface area contributed by atoms with Crippen molar-refractivity contribution in [2.24, 2.45) is 0 Å². The Balaban J connectivity index is 2.09. The monoisotopic (exact) mass is 531 g/mol. The summed E-state index contributed by atoms with van der Waals surface area (Å²) in [4.78, 5) is 20.4. The number of carbonyl (C=O) groups excluding carboxylic acids is 1. The number of aryl methyl sites for hydroxylation is 1. The van der Waals surface area contributed by atoms with Gasteiger partial charge in [-0.05, 0) is 30.5 Å². The van der Waals surface area contributed by atoms with Gasteiger partial charge in [0.2, 0.25) is 21.8 Å². The Labute approximate surface area is 217 Å². The highest BCUT2D eigenvalue weighted by molar-refractivity contribution is 7.92. The van der Waals surface area contributed by atoms with E-state index in [2.05, 4.69) is 32.2 Å². The van der Waals surface area contributed by atoms with E-state index in [0.717, 1.165) is 24.7 Å². The number of anilines is 2. The number of ether oxygens (including phenoxy) is 1. The van der Waals surface area contributed by atoms with Crippen LogP contribution in [0.15, 0.2) is 30.6 Å². The number of amides is 1. The average molecular weight is 532 g/mol. The van der Waals surface area contributed by atoms with Crippen molar-refractivity contribution in [1.82, 2.24) is 15.3 Å². The third kappa shape index (κ3) is 7.83. The molecule has 1 amide bonds. The summed E-state index contributed by atoms with van der Waals surface area (Å²) in [5.41, 5.74) is 2.61. The number of hydrogen-bond acceptors (Lipinski definition) is 7. The van der Waals surface area contributed by atoms with Gasteiger partial charge in [0.1, 0.15) is 18.1 Å². The van der Waals surface area contributed by atoms with Crippen molar-refractivity contribution in [2.75, 3.05) is 29.4 Å². The SMILES string of the molecule is CCCCc1c(NC(C)=O)cnc2cc(F)c(-c3cnc(OCCNC(C)C)c(NS(C)(=O)=O)c3)cc12. The minimum Gasteiger partial charge on any atom is -0.475 e.